The van der Waals surface area contributed by atoms with E-state index in [2.05, 4.69) is 11.9 Å². The van der Waals surface area contributed by atoms with Crippen molar-refractivity contribution in [2.45, 2.75) is 19.8 Å². The van der Waals surface area contributed by atoms with Crippen LogP contribution < -0.4 is 0 Å². The first-order valence-corrected chi connectivity index (χ1v) is 5.22. The van der Waals surface area contributed by atoms with Crippen LogP contribution >= 0.6 is 11.8 Å². The Kier molecular flexibility index (Phi) is 8.47. The van der Waals surface area contributed by atoms with Crippen molar-refractivity contribution in [1.82, 2.24) is 9.55 Å². The van der Waals surface area contributed by atoms with Gasteiger partial charge in [0.15, 0.2) is 0 Å². The number of aryl methyl sites for hydroxylation is 1. The van der Waals surface area contributed by atoms with Gasteiger partial charge in [-0.05, 0) is 18.2 Å². The third kappa shape index (κ3) is 8.96. The second-order valence-corrected chi connectivity index (χ2v) is 3.40. The Morgan fingerprint density at radius 3 is 2.69 bits per heavy atom. The molecule has 0 bridgehead atoms. The first-order valence-electron chi connectivity index (χ1n) is 4.24. The van der Waals surface area contributed by atoms with Crippen LogP contribution in [0.15, 0.2) is 18.7 Å². The normalized spacial score (nSPS) is 8.38. The standard InChI is InChI=1S/C5H9NS.C4H6N2/c1-2-3-4-7-5-6;1-6-3-2-5-4-6/h2-4H2,1H3;2-4H,1H3. The van der Waals surface area contributed by atoms with E-state index in [9.17, 15) is 0 Å². The van der Waals surface area contributed by atoms with Crippen molar-refractivity contribution in [3.8, 4) is 5.40 Å². The van der Waals surface area contributed by atoms with Crippen molar-refractivity contribution in [3.05, 3.63) is 18.7 Å². The molecule has 0 saturated heterocycles. The van der Waals surface area contributed by atoms with Gasteiger partial charge in [0, 0.05) is 25.2 Å². The molecule has 13 heavy (non-hydrogen) atoms. The molecule has 0 aliphatic carbocycles. The quantitative estimate of drug-likeness (QED) is 0.552. The molecule has 0 aliphatic rings. The largest absolute Gasteiger partial charge is 0.341 e. The number of aromatic nitrogens is 2. The molecular formula is C9H15N3S. The van der Waals surface area contributed by atoms with Gasteiger partial charge in [0.2, 0.25) is 0 Å². The maximum Gasteiger partial charge on any atom is 0.133 e. The SMILES string of the molecule is CCCCSC#N.Cn1ccnc1. The Bertz CT molecular complexity index is 226. The van der Waals surface area contributed by atoms with Gasteiger partial charge in [-0.2, -0.15) is 5.26 Å². The van der Waals surface area contributed by atoms with Gasteiger partial charge in [0.05, 0.1) is 6.33 Å². The van der Waals surface area contributed by atoms with Crippen molar-refractivity contribution in [2.75, 3.05) is 5.75 Å². The van der Waals surface area contributed by atoms with Crippen molar-refractivity contribution >= 4 is 11.8 Å². The van der Waals surface area contributed by atoms with Crippen LogP contribution in [0, 0.1) is 10.7 Å². The summed E-state index contributed by atoms with van der Waals surface area (Å²) >= 11 is 1.34. The smallest absolute Gasteiger partial charge is 0.133 e. The molecular weight excluding hydrogens is 182 g/mol. The van der Waals surface area contributed by atoms with E-state index in [0.29, 0.717) is 0 Å². The van der Waals surface area contributed by atoms with Gasteiger partial charge in [-0.25, -0.2) is 4.98 Å². The van der Waals surface area contributed by atoms with Gasteiger partial charge in [0.25, 0.3) is 0 Å². The zero-order valence-corrected chi connectivity index (χ0v) is 8.92. The topological polar surface area (TPSA) is 41.6 Å². The lowest BCUT2D eigenvalue weighted by Gasteiger charge is -1.84. The number of thiocyanates is 1. The molecule has 1 aromatic heterocycles. The van der Waals surface area contributed by atoms with Crippen LogP contribution in [-0.4, -0.2) is 15.3 Å². The second kappa shape index (κ2) is 9.14. The number of thioether (sulfide) groups is 1. The summed E-state index contributed by atoms with van der Waals surface area (Å²) in [7, 11) is 1.94. The summed E-state index contributed by atoms with van der Waals surface area (Å²) in [6, 6.07) is 0. The van der Waals surface area contributed by atoms with Gasteiger partial charge in [-0.3, -0.25) is 0 Å². The van der Waals surface area contributed by atoms with Crippen molar-refractivity contribution in [1.29, 1.82) is 5.26 Å². The molecule has 0 radical (unpaired) electrons. The molecule has 0 aliphatic heterocycles. The Balaban J connectivity index is 0.000000223. The number of imidazole rings is 1. The number of unbranched alkanes of at least 4 members (excludes halogenated alkanes) is 1. The maximum absolute atomic E-state index is 8.01. The van der Waals surface area contributed by atoms with E-state index in [1.165, 1.54) is 18.2 Å². The van der Waals surface area contributed by atoms with Crippen LogP contribution in [0.3, 0.4) is 0 Å². The third-order valence-electron chi connectivity index (χ3n) is 1.30. The number of hydrogen-bond acceptors (Lipinski definition) is 3. The highest BCUT2D eigenvalue weighted by molar-refractivity contribution is 8.03. The second-order valence-electron chi connectivity index (χ2n) is 2.52. The third-order valence-corrected chi connectivity index (χ3v) is 1.92. The Labute approximate surface area is 83.8 Å². The van der Waals surface area contributed by atoms with E-state index in [1.807, 2.05) is 23.2 Å². The predicted octanol–water partition coefficient (Wildman–Crippen LogP) is 2.42. The number of nitriles is 1. The lowest BCUT2D eigenvalue weighted by atomic mass is 10.4. The average molecular weight is 197 g/mol. The average Bonchev–Trinajstić information content (AvgIpc) is 2.58. The van der Waals surface area contributed by atoms with Crippen LogP contribution in [0.2, 0.25) is 0 Å². The number of rotatable bonds is 3. The number of hydrogen-bond donors (Lipinski definition) is 0. The van der Waals surface area contributed by atoms with Crippen LogP contribution in [0.1, 0.15) is 19.8 Å². The molecule has 0 N–H and O–H groups in total. The lowest BCUT2D eigenvalue weighted by molar-refractivity contribution is 0.898. The van der Waals surface area contributed by atoms with Gasteiger partial charge >= 0.3 is 0 Å². The van der Waals surface area contributed by atoms with Crippen LogP contribution in [0.25, 0.3) is 0 Å². The Hall–Kier alpha value is -0.950. The molecule has 0 fully saturated rings. The fourth-order valence-corrected chi connectivity index (χ4v) is 1.11. The van der Waals surface area contributed by atoms with Crippen LogP contribution in [0.5, 0.6) is 0 Å². The highest BCUT2D eigenvalue weighted by Gasteiger charge is 1.80. The minimum Gasteiger partial charge on any atom is -0.341 e. The number of nitrogens with zero attached hydrogens (tertiary/aromatic N) is 3. The Morgan fingerprint density at radius 2 is 2.38 bits per heavy atom. The highest BCUT2D eigenvalue weighted by atomic mass is 32.2. The van der Waals surface area contributed by atoms with E-state index in [4.69, 9.17) is 5.26 Å². The first kappa shape index (κ1) is 12.0. The molecule has 1 aromatic rings. The molecule has 3 nitrogen and oxygen atoms in total. The molecule has 72 valence electrons. The summed E-state index contributed by atoms with van der Waals surface area (Å²) in [5.41, 5.74) is 0. The zero-order valence-electron chi connectivity index (χ0n) is 8.10. The summed E-state index contributed by atoms with van der Waals surface area (Å²) < 4.78 is 1.89. The van der Waals surface area contributed by atoms with Gasteiger partial charge < -0.3 is 4.57 Å². The molecule has 0 amide bonds. The minimum absolute atomic E-state index is 0.993. The first-order chi connectivity index (χ1) is 6.31. The monoisotopic (exact) mass is 197 g/mol. The van der Waals surface area contributed by atoms with Gasteiger partial charge in [-0.1, -0.05) is 13.3 Å². The van der Waals surface area contributed by atoms with Crippen LogP contribution in [0.4, 0.5) is 0 Å². The van der Waals surface area contributed by atoms with E-state index in [-0.39, 0.29) is 0 Å². The van der Waals surface area contributed by atoms with Gasteiger partial charge in [-0.15, -0.1) is 0 Å². The molecule has 0 atom stereocenters. The summed E-state index contributed by atoms with van der Waals surface area (Å²) in [6.45, 7) is 2.12. The predicted molar refractivity (Wildman–Crippen MR) is 56.2 cm³/mol. The van der Waals surface area contributed by atoms with Crippen molar-refractivity contribution < 1.29 is 0 Å². The summed E-state index contributed by atoms with van der Waals surface area (Å²) in [5, 5.41) is 10.0. The molecule has 4 heteroatoms. The van der Waals surface area contributed by atoms with Gasteiger partial charge in [0.1, 0.15) is 5.40 Å². The molecule has 1 heterocycles. The Morgan fingerprint density at radius 1 is 1.62 bits per heavy atom. The lowest BCUT2D eigenvalue weighted by Crippen LogP contribution is -1.76. The minimum atomic E-state index is 0.993. The zero-order chi connectivity index (χ0) is 9.94. The summed E-state index contributed by atoms with van der Waals surface area (Å²) in [4.78, 5) is 3.78. The molecule has 0 unspecified atom stereocenters. The molecule has 1 rings (SSSR count). The van der Waals surface area contributed by atoms with Crippen molar-refractivity contribution in [2.24, 2.45) is 7.05 Å². The maximum atomic E-state index is 8.01. The molecule has 0 aromatic carbocycles. The van der Waals surface area contributed by atoms with E-state index in [1.54, 1.807) is 12.5 Å². The summed E-state index contributed by atoms with van der Waals surface area (Å²) in [6.07, 6.45) is 7.74. The fourth-order valence-electron chi connectivity index (χ4n) is 0.588. The van der Waals surface area contributed by atoms with E-state index in [0.717, 1.165) is 12.2 Å². The van der Waals surface area contributed by atoms with Crippen LogP contribution in [-0.2, 0) is 7.05 Å². The fraction of sp³-hybridized carbons (Fsp3) is 0.556. The van der Waals surface area contributed by atoms with E-state index >= 15 is 0 Å². The summed E-state index contributed by atoms with van der Waals surface area (Å²) in [5.74, 6) is 0.993. The molecule has 0 saturated carbocycles. The van der Waals surface area contributed by atoms with Crippen molar-refractivity contribution in [3.63, 3.8) is 0 Å². The molecule has 0 spiro atoms. The van der Waals surface area contributed by atoms with E-state index < -0.39 is 0 Å². The highest BCUT2D eigenvalue weighted by Crippen LogP contribution is 1.99.